The van der Waals surface area contributed by atoms with Gasteiger partial charge in [0.25, 0.3) is 0 Å². The minimum Gasteiger partial charge on any atom is -0.315 e. The Balaban J connectivity index is 1.69. The first-order valence-corrected chi connectivity index (χ1v) is 8.78. The maximum Gasteiger partial charge on any atom is 0.0281 e. The smallest absolute Gasteiger partial charge is 0.0281 e. The molecule has 0 unspecified atom stereocenters. The van der Waals surface area contributed by atoms with E-state index in [2.05, 4.69) is 40.2 Å². The number of hydrogen-bond acceptors (Lipinski definition) is 3. The number of nitrogens with one attached hydrogen (secondary N) is 1. The molecule has 0 atom stereocenters. The van der Waals surface area contributed by atoms with Crippen LogP contribution in [0.3, 0.4) is 0 Å². The summed E-state index contributed by atoms with van der Waals surface area (Å²) in [7, 11) is 0. The second-order valence-electron chi connectivity index (χ2n) is 5.01. The molecule has 0 radical (unpaired) electrons. The normalized spacial score (nSPS) is 19.4. The van der Waals surface area contributed by atoms with Crippen LogP contribution >= 0.6 is 23.1 Å². The van der Waals surface area contributed by atoms with Crippen molar-refractivity contribution in [3.8, 4) is 0 Å². The van der Waals surface area contributed by atoms with Crippen molar-refractivity contribution >= 4 is 23.1 Å². The third-order valence-corrected chi connectivity index (χ3v) is 5.97. The summed E-state index contributed by atoms with van der Waals surface area (Å²) in [5, 5.41) is 8.09. The number of hydrogen-bond donors (Lipinski definition) is 1. The molecule has 1 fully saturated rings. The van der Waals surface area contributed by atoms with Crippen molar-refractivity contribution in [3.63, 3.8) is 0 Å². The molecule has 1 aromatic rings. The minimum absolute atomic E-state index is 0.535. The van der Waals surface area contributed by atoms with E-state index in [1.807, 2.05) is 0 Å². The van der Waals surface area contributed by atoms with Crippen LogP contribution in [0, 0.1) is 0 Å². The maximum absolute atomic E-state index is 3.67. The van der Waals surface area contributed by atoms with Crippen LogP contribution in [0.5, 0.6) is 0 Å². The summed E-state index contributed by atoms with van der Waals surface area (Å²) in [6.07, 6.45) is 10.6. The van der Waals surface area contributed by atoms with Gasteiger partial charge in [0.15, 0.2) is 0 Å². The van der Waals surface area contributed by atoms with Crippen LogP contribution < -0.4 is 5.32 Å². The molecular formula is C14H23NS2. The number of rotatable bonds is 6. The molecule has 3 heteroatoms. The van der Waals surface area contributed by atoms with Gasteiger partial charge in [-0.3, -0.25) is 0 Å². The molecule has 1 heterocycles. The highest BCUT2D eigenvalue weighted by Crippen LogP contribution is 2.37. The first kappa shape index (κ1) is 13.4. The molecule has 1 N–H and O–H groups in total. The molecule has 0 spiro atoms. The lowest BCUT2D eigenvalue weighted by Gasteiger charge is -2.36. The van der Waals surface area contributed by atoms with Crippen molar-refractivity contribution in [2.75, 3.05) is 19.3 Å². The SMILES string of the molecule is CSC1(CNCCc2ccsc2)CCCCC1. The largest absolute Gasteiger partial charge is 0.315 e. The third kappa shape index (κ3) is 4.01. The van der Waals surface area contributed by atoms with E-state index in [1.165, 1.54) is 50.6 Å². The fraction of sp³-hybridized carbons (Fsp3) is 0.714. The minimum atomic E-state index is 0.535. The summed E-state index contributed by atoms with van der Waals surface area (Å²) >= 11 is 3.88. The molecule has 96 valence electrons. The quantitative estimate of drug-likeness (QED) is 0.785. The van der Waals surface area contributed by atoms with Gasteiger partial charge in [-0.25, -0.2) is 0 Å². The van der Waals surface area contributed by atoms with Gasteiger partial charge in [0.05, 0.1) is 0 Å². The van der Waals surface area contributed by atoms with E-state index >= 15 is 0 Å². The molecule has 1 aliphatic carbocycles. The zero-order valence-corrected chi connectivity index (χ0v) is 12.3. The summed E-state index contributed by atoms with van der Waals surface area (Å²) in [6.45, 7) is 2.32. The van der Waals surface area contributed by atoms with Crippen molar-refractivity contribution in [1.29, 1.82) is 0 Å². The van der Waals surface area contributed by atoms with Crippen molar-refractivity contribution < 1.29 is 0 Å². The molecule has 0 bridgehead atoms. The highest BCUT2D eigenvalue weighted by Gasteiger charge is 2.30. The molecule has 0 amide bonds. The van der Waals surface area contributed by atoms with Crippen molar-refractivity contribution in [3.05, 3.63) is 22.4 Å². The summed E-state index contributed by atoms with van der Waals surface area (Å²) in [5.74, 6) is 0. The lowest BCUT2D eigenvalue weighted by atomic mass is 9.88. The van der Waals surface area contributed by atoms with Gasteiger partial charge in [-0.1, -0.05) is 19.3 Å². The summed E-state index contributed by atoms with van der Waals surface area (Å²) in [6, 6.07) is 2.23. The van der Waals surface area contributed by atoms with E-state index in [0.717, 1.165) is 6.54 Å². The van der Waals surface area contributed by atoms with Gasteiger partial charge in [0.2, 0.25) is 0 Å². The molecule has 1 nitrogen and oxygen atoms in total. The van der Waals surface area contributed by atoms with E-state index in [9.17, 15) is 0 Å². The zero-order chi connectivity index (χ0) is 12.0. The van der Waals surface area contributed by atoms with E-state index in [1.54, 1.807) is 11.3 Å². The van der Waals surface area contributed by atoms with Crippen LogP contribution in [0.25, 0.3) is 0 Å². The van der Waals surface area contributed by atoms with Crippen LogP contribution in [0.1, 0.15) is 37.7 Å². The summed E-state index contributed by atoms with van der Waals surface area (Å²) in [4.78, 5) is 0. The van der Waals surface area contributed by atoms with Crippen LogP contribution in [0.2, 0.25) is 0 Å². The molecule has 0 saturated heterocycles. The van der Waals surface area contributed by atoms with Crippen molar-refractivity contribution in [2.45, 2.75) is 43.3 Å². The molecule has 1 aliphatic rings. The molecular weight excluding hydrogens is 246 g/mol. The Bertz CT molecular complexity index is 302. The van der Waals surface area contributed by atoms with Crippen molar-refractivity contribution in [1.82, 2.24) is 5.32 Å². The van der Waals surface area contributed by atoms with Crippen LogP contribution in [-0.2, 0) is 6.42 Å². The maximum atomic E-state index is 3.67. The van der Waals surface area contributed by atoms with Gasteiger partial charge in [-0.15, -0.1) is 0 Å². The first-order valence-electron chi connectivity index (χ1n) is 6.62. The standard InChI is InChI=1S/C14H23NS2/c1-16-14(7-3-2-4-8-14)12-15-9-5-13-6-10-17-11-13/h6,10-11,15H,2-5,7-9,12H2,1H3. The Morgan fingerprint density at radius 1 is 1.35 bits per heavy atom. The average molecular weight is 269 g/mol. The highest BCUT2D eigenvalue weighted by atomic mass is 32.2. The molecule has 17 heavy (non-hydrogen) atoms. The lowest BCUT2D eigenvalue weighted by Crippen LogP contribution is -2.39. The van der Waals surface area contributed by atoms with E-state index < -0.39 is 0 Å². The Morgan fingerprint density at radius 3 is 2.82 bits per heavy atom. The topological polar surface area (TPSA) is 12.0 Å². The van der Waals surface area contributed by atoms with E-state index in [0.29, 0.717) is 4.75 Å². The van der Waals surface area contributed by atoms with Crippen LogP contribution in [0.4, 0.5) is 0 Å². The van der Waals surface area contributed by atoms with Gasteiger partial charge >= 0.3 is 0 Å². The number of thioether (sulfide) groups is 1. The fourth-order valence-corrected chi connectivity index (χ4v) is 4.28. The van der Waals surface area contributed by atoms with Crippen molar-refractivity contribution in [2.24, 2.45) is 0 Å². The fourth-order valence-electron chi connectivity index (χ4n) is 2.63. The van der Waals surface area contributed by atoms with Crippen LogP contribution in [0.15, 0.2) is 16.8 Å². The van der Waals surface area contributed by atoms with Gasteiger partial charge in [-0.2, -0.15) is 23.1 Å². The Morgan fingerprint density at radius 2 is 2.18 bits per heavy atom. The molecule has 1 saturated carbocycles. The number of thiophene rings is 1. The first-order chi connectivity index (χ1) is 8.35. The highest BCUT2D eigenvalue weighted by molar-refractivity contribution is 8.00. The van der Waals surface area contributed by atoms with Gasteiger partial charge in [0.1, 0.15) is 0 Å². The average Bonchev–Trinajstić information content (AvgIpc) is 2.89. The predicted molar refractivity (Wildman–Crippen MR) is 80.2 cm³/mol. The zero-order valence-electron chi connectivity index (χ0n) is 10.7. The van der Waals surface area contributed by atoms with Gasteiger partial charge in [0, 0.05) is 11.3 Å². The summed E-state index contributed by atoms with van der Waals surface area (Å²) < 4.78 is 0.535. The Hall–Kier alpha value is 0.01000. The van der Waals surface area contributed by atoms with Crippen LogP contribution in [-0.4, -0.2) is 24.1 Å². The second-order valence-corrected chi connectivity index (χ2v) is 7.06. The lowest BCUT2D eigenvalue weighted by molar-refractivity contribution is 0.381. The van der Waals surface area contributed by atoms with Gasteiger partial charge in [-0.05, 0) is 54.5 Å². The summed E-state index contributed by atoms with van der Waals surface area (Å²) in [5.41, 5.74) is 1.48. The monoisotopic (exact) mass is 269 g/mol. The molecule has 2 rings (SSSR count). The third-order valence-electron chi connectivity index (χ3n) is 3.82. The molecule has 0 aromatic carbocycles. The Kier molecular flexibility index (Phi) is 5.39. The Labute approximate surface area is 113 Å². The molecule has 0 aliphatic heterocycles. The predicted octanol–water partition coefficient (Wildman–Crippen LogP) is 3.95. The molecule has 1 aromatic heterocycles. The van der Waals surface area contributed by atoms with Gasteiger partial charge < -0.3 is 5.32 Å². The van der Waals surface area contributed by atoms with E-state index in [4.69, 9.17) is 0 Å². The second kappa shape index (κ2) is 6.81. The van der Waals surface area contributed by atoms with E-state index in [-0.39, 0.29) is 0 Å².